The Bertz CT molecular complexity index is 1460. The first-order chi connectivity index (χ1) is 19.4. The van der Waals surface area contributed by atoms with Crippen LogP contribution in [0.25, 0.3) is 0 Å². The van der Waals surface area contributed by atoms with Crippen LogP contribution in [0.1, 0.15) is 49.7 Å². The maximum atomic E-state index is 13.0. The average molecular weight is 583 g/mol. The molecule has 6 rings (SSSR count). The Hall–Kier alpha value is -2.76. The molecule has 3 heterocycles. The highest BCUT2D eigenvalue weighted by atomic mass is 35.5. The van der Waals surface area contributed by atoms with Crippen molar-refractivity contribution in [2.75, 3.05) is 36.8 Å². The van der Waals surface area contributed by atoms with Crippen molar-refractivity contribution in [2.24, 2.45) is 0 Å². The Morgan fingerprint density at radius 1 is 0.900 bits per heavy atom. The van der Waals surface area contributed by atoms with Gasteiger partial charge in [0.05, 0.1) is 11.9 Å². The molecule has 2 aromatic carbocycles. The van der Waals surface area contributed by atoms with Gasteiger partial charge in [-0.3, -0.25) is 0 Å². The molecule has 0 radical (unpaired) electrons. The van der Waals surface area contributed by atoms with Crippen LogP contribution in [0.15, 0.2) is 53.6 Å². The molecule has 11 heteroatoms. The summed E-state index contributed by atoms with van der Waals surface area (Å²) in [5.74, 6) is 0.662. The molecule has 0 unspecified atom stereocenters. The molecule has 3 aliphatic rings. The van der Waals surface area contributed by atoms with Crippen LogP contribution in [0, 0.1) is 0 Å². The lowest BCUT2D eigenvalue weighted by atomic mass is 10.0. The summed E-state index contributed by atoms with van der Waals surface area (Å²) in [5, 5.41) is 8.15. The number of hydrogen-bond acceptors (Lipinski definition) is 9. The molecule has 1 aliphatic carbocycles. The third kappa shape index (κ3) is 6.26. The summed E-state index contributed by atoms with van der Waals surface area (Å²) in [6.07, 6.45) is 10.5. The van der Waals surface area contributed by atoms with E-state index in [-0.39, 0.29) is 9.92 Å². The first-order valence-corrected chi connectivity index (χ1v) is 15.9. The third-order valence-electron chi connectivity index (χ3n) is 8.04. The van der Waals surface area contributed by atoms with Crippen LogP contribution >= 0.6 is 11.6 Å². The predicted molar refractivity (Wildman–Crippen MR) is 157 cm³/mol. The first kappa shape index (κ1) is 27.4. The van der Waals surface area contributed by atoms with E-state index >= 15 is 0 Å². The Balaban J connectivity index is 1.17. The zero-order valence-corrected chi connectivity index (χ0v) is 24.1. The Morgan fingerprint density at radius 3 is 2.42 bits per heavy atom. The lowest BCUT2D eigenvalue weighted by Crippen LogP contribution is -2.32. The van der Waals surface area contributed by atoms with Crippen LogP contribution in [0.3, 0.4) is 0 Å². The molecule has 212 valence electrons. The molecule has 40 heavy (non-hydrogen) atoms. The number of aryl methyl sites for hydroxylation is 2. The Labute approximate surface area is 241 Å². The number of benzene rings is 2. The topological polar surface area (TPSA) is 99.7 Å². The van der Waals surface area contributed by atoms with Gasteiger partial charge in [-0.1, -0.05) is 29.8 Å². The molecule has 1 aromatic heterocycles. The van der Waals surface area contributed by atoms with Crippen molar-refractivity contribution < 1.29 is 12.7 Å². The molecule has 0 spiro atoms. The summed E-state index contributed by atoms with van der Waals surface area (Å²) in [4.78, 5) is 11.6. The summed E-state index contributed by atoms with van der Waals surface area (Å²) < 4.78 is 31.5. The van der Waals surface area contributed by atoms with E-state index in [0.717, 1.165) is 31.4 Å². The highest BCUT2D eigenvalue weighted by molar-refractivity contribution is 7.86. The number of para-hydroxylation sites is 1. The summed E-state index contributed by atoms with van der Waals surface area (Å²) in [5.41, 5.74) is 4.02. The zero-order valence-electron chi connectivity index (χ0n) is 22.5. The van der Waals surface area contributed by atoms with Crippen molar-refractivity contribution >= 4 is 44.9 Å². The molecule has 3 aromatic rings. The second-order valence-electron chi connectivity index (χ2n) is 10.8. The summed E-state index contributed by atoms with van der Waals surface area (Å²) in [6, 6.07) is 13.7. The number of nitrogens with one attached hydrogen (secondary N) is 2. The molecule has 2 aliphatic heterocycles. The van der Waals surface area contributed by atoms with Crippen molar-refractivity contribution in [2.45, 2.75) is 62.3 Å². The van der Waals surface area contributed by atoms with Gasteiger partial charge in [0, 0.05) is 24.8 Å². The third-order valence-corrected chi connectivity index (χ3v) is 9.61. The molecule has 0 amide bonds. The quantitative estimate of drug-likeness (QED) is 0.325. The number of aromatic nitrogens is 2. The molecule has 9 nitrogen and oxygen atoms in total. The van der Waals surface area contributed by atoms with Crippen LogP contribution in [0.4, 0.5) is 23.1 Å². The normalized spacial score (nSPS) is 20.3. The second-order valence-corrected chi connectivity index (χ2v) is 12.7. The van der Waals surface area contributed by atoms with Gasteiger partial charge in [-0.2, -0.15) is 22.7 Å². The van der Waals surface area contributed by atoms with Crippen LogP contribution < -0.4 is 10.6 Å². The number of anilines is 4. The van der Waals surface area contributed by atoms with Crippen molar-refractivity contribution in [1.29, 1.82) is 0 Å². The van der Waals surface area contributed by atoms with Gasteiger partial charge in [0.2, 0.25) is 5.95 Å². The summed E-state index contributed by atoms with van der Waals surface area (Å²) >= 11 is 6.43. The van der Waals surface area contributed by atoms with Crippen molar-refractivity contribution in [3.8, 4) is 0 Å². The lowest BCUT2D eigenvalue weighted by Gasteiger charge is -2.25. The van der Waals surface area contributed by atoms with Gasteiger partial charge in [0.25, 0.3) is 0 Å². The largest absolute Gasteiger partial charge is 0.338 e. The van der Waals surface area contributed by atoms with Crippen LogP contribution in [-0.2, 0) is 27.2 Å². The van der Waals surface area contributed by atoms with E-state index in [4.69, 9.17) is 15.9 Å². The fourth-order valence-corrected chi connectivity index (χ4v) is 7.22. The minimum Gasteiger partial charge on any atom is -0.338 e. The second kappa shape index (κ2) is 12.0. The molecule has 1 atom stereocenters. The zero-order chi connectivity index (χ0) is 27.5. The Morgan fingerprint density at radius 2 is 1.62 bits per heavy atom. The summed E-state index contributed by atoms with van der Waals surface area (Å²) in [6.45, 7) is 3.65. The monoisotopic (exact) mass is 582 g/mol. The first-order valence-electron chi connectivity index (χ1n) is 14.2. The van der Waals surface area contributed by atoms with Crippen molar-refractivity contribution in [3.05, 3.63) is 64.8 Å². The van der Waals surface area contributed by atoms with Gasteiger partial charge in [-0.15, -0.1) is 0 Å². The minimum absolute atomic E-state index is 0.0177. The molecule has 2 fully saturated rings. The highest BCUT2D eigenvalue weighted by Gasteiger charge is 2.27. The fourth-order valence-electron chi connectivity index (χ4n) is 5.94. The molecule has 2 saturated heterocycles. The van der Waals surface area contributed by atoms with Gasteiger partial charge >= 0.3 is 10.1 Å². The molecule has 0 saturated carbocycles. The van der Waals surface area contributed by atoms with Crippen LogP contribution in [-0.4, -0.2) is 60.6 Å². The number of likely N-dealkylation sites (tertiary alicyclic amines) is 1. The number of halogens is 1. The summed E-state index contributed by atoms with van der Waals surface area (Å²) in [7, 11) is -4.03. The highest BCUT2D eigenvalue weighted by Crippen LogP contribution is 2.32. The molecular weight excluding hydrogens is 548 g/mol. The van der Waals surface area contributed by atoms with Gasteiger partial charge in [0.15, 0.2) is 5.82 Å². The number of hydroxylamine groups is 2. The number of hydrogen-bond donors (Lipinski definition) is 2. The molecule has 0 bridgehead atoms. The van der Waals surface area contributed by atoms with E-state index in [1.54, 1.807) is 18.2 Å². The van der Waals surface area contributed by atoms with Crippen molar-refractivity contribution in [3.63, 3.8) is 0 Å². The van der Waals surface area contributed by atoms with E-state index in [1.807, 2.05) is 0 Å². The fraction of sp³-hybridized carbons (Fsp3) is 0.448. The van der Waals surface area contributed by atoms with E-state index in [0.29, 0.717) is 36.6 Å². The van der Waals surface area contributed by atoms with Gasteiger partial charge in [-0.25, -0.2) is 4.98 Å². The number of nitrogens with zero attached hydrogens (tertiary/aromatic N) is 4. The van der Waals surface area contributed by atoms with E-state index in [1.165, 1.54) is 67.2 Å². The van der Waals surface area contributed by atoms with Crippen LogP contribution in [0.2, 0.25) is 5.02 Å². The molecular formula is C29H35ClN6O3S. The maximum absolute atomic E-state index is 13.0. The van der Waals surface area contributed by atoms with Gasteiger partial charge in [-0.05, 0) is 99.8 Å². The number of fused-ring (bicyclic) bond motifs is 1. The van der Waals surface area contributed by atoms with Gasteiger partial charge in [0.1, 0.15) is 9.92 Å². The van der Waals surface area contributed by atoms with Crippen LogP contribution in [0.5, 0.6) is 0 Å². The Kier molecular flexibility index (Phi) is 8.22. The molecule has 2 N–H and O–H groups in total. The van der Waals surface area contributed by atoms with Gasteiger partial charge < -0.3 is 15.5 Å². The predicted octanol–water partition coefficient (Wildman–Crippen LogP) is 5.68. The standard InChI is InChI=1S/C29H35ClN6O3S/c30-25-20-31-29(32-23-12-9-21-10-13-24(14-11-22(21)19-23)35-15-3-4-16-35)34-28(25)33-26-7-1-2-8-27(26)40(37,38)39-36-17-5-6-18-36/h1-2,7-9,12,19-20,24H,3-6,10-11,13-18H2,(H2,31,32,33,34)/t24-/m0/s1. The van der Waals surface area contributed by atoms with E-state index in [9.17, 15) is 8.42 Å². The SMILES string of the molecule is O=S(=O)(ON1CCCC1)c1ccccc1Nc1nc(Nc2ccc3c(c2)CC[C@@H](N2CCCC2)CC3)ncc1Cl. The average Bonchev–Trinajstić information content (AvgIpc) is 3.63. The smallest absolute Gasteiger partial charge is 0.315 e. The van der Waals surface area contributed by atoms with E-state index < -0.39 is 10.1 Å². The minimum atomic E-state index is -4.03. The lowest BCUT2D eigenvalue weighted by molar-refractivity contribution is -0.0269. The maximum Gasteiger partial charge on any atom is 0.315 e. The van der Waals surface area contributed by atoms with Crippen molar-refractivity contribution in [1.82, 2.24) is 19.9 Å². The number of rotatable bonds is 8. The van der Waals surface area contributed by atoms with E-state index in [2.05, 4.69) is 43.7 Å².